The molecule has 17 heavy (non-hydrogen) atoms. The van der Waals surface area contributed by atoms with E-state index in [1.165, 1.54) is 4.31 Å². The molecule has 0 bridgehead atoms. The van der Waals surface area contributed by atoms with Gasteiger partial charge in [0.2, 0.25) is 10.0 Å². The van der Waals surface area contributed by atoms with Gasteiger partial charge in [0.15, 0.2) is 0 Å². The van der Waals surface area contributed by atoms with Gasteiger partial charge in [-0.2, -0.15) is 4.31 Å². The summed E-state index contributed by atoms with van der Waals surface area (Å²) in [5.41, 5.74) is 1.69. The van der Waals surface area contributed by atoms with Crippen LogP contribution in [0.25, 0.3) is 0 Å². The van der Waals surface area contributed by atoms with Crippen molar-refractivity contribution in [2.75, 3.05) is 6.54 Å². The summed E-state index contributed by atoms with van der Waals surface area (Å²) in [6, 6.07) is 5.65. The van der Waals surface area contributed by atoms with Gasteiger partial charge < -0.3 is 0 Å². The first-order chi connectivity index (χ1) is 7.87. The van der Waals surface area contributed by atoms with Gasteiger partial charge in [0.25, 0.3) is 0 Å². The highest BCUT2D eigenvalue weighted by Crippen LogP contribution is 2.12. The molecule has 1 aromatic rings. The lowest BCUT2D eigenvalue weighted by Crippen LogP contribution is -2.36. The Kier molecular flexibility index (Phi) is 4.65. The molecular weight excluding hydrogens is 236 g/mol. The zero-order valence-corrected chi connectivity index (χ0v) is 11.7. The van der Waals surface area contributed by atoms with Gasteiger partial charge in [-0.1, -0.05) is 13.0 Å². The van der Waals surface area contributed by atoms with Gasteiger partial charge in [0.05, 0.1) is 17.5 Å². The van der Waals surface area contributed by atoms with Gasteiger partial charge in [0, 0.05) is 12.2 Å². The molecule has 0 N–H and O–H groups in total. The molecule has 0 aliphatic rings. The lowest BCUT2D eigenvalue weighted by molar-refractivity contribution is 0.413. The van der Waals surface area contributed by atoms with Crippen LogP contribution in [-0.2, 0) is 16.6 Å². The van der Waals surface area contributed by atoms with Crippen LogP contribution in [0.3, 0.4) is 0 Å². The fourth-order valence-corrected chi connectivity index (χ4v) is 2.82. The molecule has 0 fully saturated rings. The Morgan fingerprint density at radius 3 is 2.47 bits per heavy atom. The van der Waals surface area contributed by atoms with Crippen LogP contribution in [-0.4, -0.2) is 29.5 Å². The van der Waals surface area contributed by atoms with Crippen LogP contribution in [0.2, 0.25) is 0 Å². The molecule has 0 aliphatic carbocycles. The molecule has 4 nitrogen and oxygen atoms in total. The first-order valence-electron chi connectivity index (χ1n) is 5.79. The van der Waals surface area contributed by atoms with E-state index in [1.54, 1.807) is 13.8 Å². The van der Waals surface area contributed by atoms with Crippen LogP contribution in [0, 0.1) is 6.92 Å². The fourth-order valence-electron chi connectivity index (χ4n) is 1.55. The maximum atomic E-state index is 12.0. The van der Waals surface area contributed by atoms with Crippen molar-refractivity contribution in [2.24, 2.45) is 0 Å². The highest BCUT2D eigenvalue weighted by Gasteiger charge is 2.24. The zero-order chi connectivity index (χ0) is 13.1. The summed E-state index contributed by atoms with van der Waals surface area (Å²) in [6.07, 6.45) is 0. The molecule has 0 atom stereocenters. The number of nitrogens with zero attached hydrogens (tertiary/aromatic N) is 2. The molecule has 0 unspecified atom stereocenters. The second kappa shape index (κ2) is 5.60. The Morgan fingerprint density at radius 2 is 2.00 bits per heavy atom. The Hall–Kier alpha value is -0.940. The molecule has 96 valence electrons. The summed E-state index contributed by atoms with van der Waals surface area (Å²) in [5.74, 6) is 0. The van der Waals surface area contributed by atoms with Crippen LogP contribution >= 0.6 is 0 Å². The van der Waals surface area contributed by atoms with Crippen LogP contribution < -0.4 is 0 Å². The highest BCUT2D eigenvalue weighted by molar-refractivity contribution is 7.89. The molecule has 0 radical (unpaired) electrons. The molecule has 1 heterocycles. The highest BCUT2D eigenvalue weighted by atomic mass is 32.2. The number of rotatable bonds is 5. The smallest absolute Gasteiger partial charge is 0.216 e. The molecule has 0 spiro atoms. The Balaban J connectivity index is 2.92. The molecule has 0 aliphatic heterocycles. The van der Waals surface area contributed by atoms with Crippen LogP contribution in [0.15, 0.2) is 18.2 Å². The molecule has 5 heteroatoms. The van der Waals surface area contributed by atoms with Gasteiger partial charge in [-0.15, -0.1) is 0 Å². The Labute approximate surface area is 104 Å². The van der Waals surface area contributed by atoms with Crippen LogP contribution in [0.5, 0.6) is 0 Å². The molecule has 0 saturated carbocycles. The standard InChI is InChI=1S/C12H20N2O2S/c1-5-14(17(15,16)10(2)3)9-12-8-6-7-11(4)13-12/h6-8,10H,5,9H2,1-4H3. The summed E-state index contributed by atoms with van der Waals surface area (Å²) in [6.45, 7) is 7.95. The van der Waals surface area contributed by atoms with Gasteiger partial charge >= 0.3 is 0 Å². The van der Waals surface area contributed by atoms with E-state index in [0.29, 0.717) is 13.1 Å². The Morgan fingerprint density at radius 1 is 1.35 bits per heavy atom. The monoisotopic (exact) mass is 256 g/mol. The van der Waals surface area contributed by atoms with Crippen molar-refractivity contribution < 1.29 is 8.42 Å². The lowest BCUT2D eigenvalue weighted by Gasteiger charge is -2.22. The molecule has 0 aromatic carbocycles. The maximum absolute atomic E-state index is 12.0. The van der Waals surface area contributed by atoms with Crippen molar-refractivity contribution in [2.45, 2.75) is 39.5 Å². The average molecular weight is 256 g/mol. The minimum absolute atomic E-state index is 0.346. The van der Waals surface area contributed by atoms with E-state index in [2.05, 4.69) is 4.98 Å². The zero-order valence-electron chi connectivity index (χ0n) is 10.8. The van der Waals surface area contributed by atoms with Gasteiger partial charge in [0.1, 0.15) is 0 Å². The summed E-state index contributed by atoms with van der Waals surface area (Å²) >= 11 is 0. The van der Waals surface area contributed by atoms with Gasteiger partial charge in [-0.3, -0.25) is 4.98 Å². The maximum Gasteiger partial charge on any atom is 0.216 e. The van der Waals surface area contributed by atoms with E-state index < -0.39 is 15.3 Å². The summed E-state index contributed by atoms with van der Waals surface area (Å²) in [7, 11) is -3.21. The number of aryl methyl sites for hydroxylation is 1. The van der Waals surface area contributed by atoms with Gasteiger partial charge in [-0.25, -0.2) is 8.42 Å². The van der Waals surface area contributed by atoms with Crippen LogP contribution in [0.4, 0.5) is 0 Å². The van der Waals surface area contributed by atoms with Gasteiger partial charge in [-0.05, 0) is 32.9 Å². The summed E-state index contributed by atoms with van der Waals surface area (Å²) < 4.78 is 25.6. The second-order valence-electron chi connectivity index (χ2n) is 4.29. The molecule has 0 amide bonds. The van der Waals surface area contributed by atoms with Crippen molar-refractivity contribution in [3.8, 4) is 0 Å². The van der Waals surface area contributed by atoms with E-state index >= 15 is 0 Å². The minimum atomic E-state index is -3.21. The van der Waals surface area contributed by atoms with E-state index in [-0.39, 0.29) is 0 Å². The van der Waals surface area contributed by atoms with Crippen molar-refractivity contribution >= 4 is 10.0 Å². The predicted octanol–water partition coefficient (Wildman–Crippen LogP) is 1.95. The molecule has 1 rings (SSSR count). The number of hydrogen-bond donors (Lipinski definition) is 0. The van der Waals surface area contributed by atoms with Crippen molar-refractivity contribution in [1.82, 2.24) is 9.29 Å². The number of aromatic nitrogens is 1. The first-order valence-corrected chi connectivity index (χ1v) is 7.29. The fraction of sp³-hybridized carbons (Fsp3) is 0.583. The van der Waals surface area contributed by atoms with E-state index in [9.17, 15) is 8.42 Å². The summed E-state index contributed by atoms with van der Waals surface area (Å²) in [5, 5.41) is -0.396. The minimum Gasteiger partial charge on any atom is -0.257 e. The first kappa shape index (κ1) is 14.1. The number of sulfonamides is 1. The summed E-state index contributed by atoms with van der Waals surface area (Å²) in [4.78, 5) is 4.33. The second-order valence-corrected chi connectivity index (χ2v) is 6.78. The number of pyridine rings is 1. The lowest BCUT2D eigenvalue weighted by atomic mass is 10.3. The van der Waals surface area contributed by atoms with Crippen molar-refractivity contribution in [3.05, 3.63) is 29.6 Å². The third-order valence-corrected chi connectivity index (χ3v) is 4.89. The van der Waals surface area contributed by atoms with Crippen LogP contribution in [0.1, 0.15) is 32.2 Å². The third kappa shape index (κ3) is 3.51. The normalized spacial score (nSPS) is 12.4. The Bertz CT molecular complexity index is 469. The van der Waals surface area contributed by atoms with Crippen molar-refractivity contribution in [3.63, 3.8) is 0 Å². The predicted molar refractivity (Wildman–Crippen MR) is 69.1 cm³/mol. The van der Waals surface area contributed by atoms with Crippen molar-refractivity contribution in [1.29, 1.82) is 0 Å². The SMILES string of the molecule is CCN(Cc1cccc(C)n1)S(=O)(=O)C(C)C. The molecule has 0 saturated heterocycles. The topological polar surface area (TPSA) is 50.3 Å². The van der Waals surface area contributed by atoms with E-state index in [4.69, 9.17) is 0 Å². The number of hydrogen-bond acceptors (Lipinski definition) is 3. The van der Waals surface area contributed by atoms with E-state index in [0.717, 1.165) is 11.4 Å². The third-order valence-electron chi connectivity index (χ3n) is 2.59. The largest absolute Gasteiger partial charge is 0.257 e. The molecular formula is C12H20N2O2S. The average Bonchev–Trinajstić information content (AvgIpc) is 2.25. The quantitative estimate of drug-likeness (QED) is 0.809. The molecule has 1 aromatic heterocycles. The van der Waals surface area contributed by atoms with E-state index in [1.807, 2.05) is 32.0 Å².